The summed E-state index contributed by atoms with van der Waals surface area (Å²) in [4.78, 5) is 4.67. The number of thioether (sulfide) groups is 1. The highest BCUT2D eigenvalue weighted by atomic mass is 32.2. The van der Waals surface area contributed by atoms with Crippen molar-refractivity contribution in [3.8, 4) is 0 Å². The lowest BCUT2D eigenvalue weighted by Crippen LogP contribution is -2.05. The van der Waals surface area contributed by atoms with E-state index in [4.69, 9.17) is 5.73 Å². The van der Waals surface area contributed by atoms with Crippen LogP contribution in [0.25, 0.3) is 0 Å². The lowest BCUT2D eigenvalue weighted by molar-refractivity contribution is 0.690. The Labute approximate surface area is 103 Å². The zero-order chi connectivity index (χ0) is 12.0. The average molecular weight is 241 g/mol. The third-order valence-corrected chi connectivity index (χ3v) is 3.41. The number of nitrogens with zero attached hydrogens (tertiary/aromatic N) is 2. The zero-order valence-electron chi connectivity index (χ0n) is 10.6. The maximum atomic E-state index is 6.12. The fraction of sp³-hybridized carbons (Fsp3) is 0.750. The highest BCUT2D eigenvalue weighted by Crippen LogP contribution is 2.18. The Balaban J connectivity index is 2.76. The molecular formula is C12H23N3S. The van der Waals surface area contributed by atoms with Crippen LogP contribution in [-0.4, -0.2) is 21.6 Å². The van der Waals surface area contributed by atoms with Gasteiger partial charge in [-0.1, -0.05) is 6.92 Å². The monoisotopic (exact) mass is 241 g/mol. The van der Waals surface area contributed by atoms with E-state index < -0.39 is 0 Å². The molecule has 0 saturated heterocycles. The third kappa shape index (κ3) is 3.17. The van der Waals surface area contributed by atoms with E-state index in [0.717, 1.165) is 49.6 Å². The first kappa shape index (κ1) is 13.4. The summed E-state index contributed by atoms with van der Waals surface area (Å²) in [6.07, 6.45) is 6.46. The van der Waals surface area contributed by atoms with Crippen molar-refractivity contribution in [2.24, 2.45) is 0 Å². The summed E-state index contributed by atoms with van der Waals surface area (Å²) in [5.41, 5.74) is 7.22. The van der Waals surface area contributed by atoms with E-state index in [9.17, 15) is 0 Å². The van der Waals surface area contributed by atoms with Gasteiger partial charge in [-0.25, -0.2) is 4.98 Å². The van der Waals surface area contributed by atoms with E-state index >= 15 is 0 Å². The van der Waals surface area contributed by atoms with Crippen LogP contribution in [0.2, 0.25) is 0 Å². The van der Waals surface area contributed by atoms with Crippen molar-refractivity contribution >= 4 is 17.6 Å². The van der Waals surface area contributed by atoms with Gasteiger partial charge in [0.15, 0.2) is 0 Å². The van der Waals surface area contributed by atoms with Gasteiger partial charge in [-0.2, -0.15) is 11.8 Å². The van der Waals surface area contributed by atoms with E-state index in [1.165, 1.54) is 5.75 Å². The topological polar surface area (TPSA) is 43.8 Å². The molecule has 0 aliphatic heterocycles. The minimum absolute atomic E-state index is 0.882. The van der Waals surface area contributed by atoms with Crippen LogP contribution in [0.4, 0.5) is 5.82 Å². The number of hydrogen-bond acceptors (Lipinski definition) is 3. The van der Waals surface area contributed by atoms with Crippen molar-refractivity contribution in [2.45, 2.75) is 46.1 Å². The molecule has 1 heterocycles. The Hall–Kier alpha value is -0.640. The van der Waals surface area contributed by atoms with Gasteiger partial charge in [-0.3, -0.25) is 0 Å². The highest BCUT2D eigenvalue weighted by molar-refractivity contribution is 7.98. The standard InChI is InChI=1S/C12H23N3S/c1-4-7-11-14-10(8-6-9-16-3)12(13)15(11)5-2/h4-9,13H2,1-3H3. The first-order valence-corrected chi connectivity index (χ1v) is 7.46. The molecule has 0 fully saturated rings. The van der Waals surface area contributed by atoms with E-state index in [1.54, 1.807) is 0 Å². The molecule has 0 radical (unpaired) electrons. The maximum absolute atomic E-state index is 6.12. The fourth-order valence-electron chi connectivity index (χ4n) is 1.90. The van der Waals surface area contributed by atoms with Crippen molar-refractivity contribution in [3.63, 3.8) is 0 Å². The SMILES string of the molecule is CCCc1nc(CCCSC)c(N)n1CC. The Bertz CT molecular complexity index is 320. The Kier molecular flexibility index (Phi) is 5.74. The average Bonchev–Trinajstić information content (AvgIpc) is 2.56. The number of rotatable bonds is 7. The van der Waals surface area contributed by atoms with Crippen LogP contribution < -0.4 is 5.73 Å². The minimum Gasteiger partial charge on any atom is -0.384 e. The summed E-state index contributed by atoms with van der Waals surface area (Å²) in [6, 6.07) is 0. The number of hydrogen-bond donors (Lipinski definition) is 1. The second kappa shape index (κ2) is 6.84. The molecule has 0 spiro atoms. The number of aromatic nitrogens is 2. The van der Waals surface area contributed by atoms with Gasteiger partial charge in [-0.05, 0) is 38.2 Å². The van der Waals surface area contributed by atoms with Crippen LogP contribution in [0.5, 0.6) is 0 Å². The van der Waals surface area contributed by atoms with Gasteiger partial charge in [0.05, 0.1) is 5.69 Å². The number of nitrogen functional groups attached to an aromatic ring is 1. The van der Waals surface area contributed by atoms with Crippen molar-refractivity contribution in [3.05, 3.63) is 11.5 Å². The number of imidazole rings is 1. The molecule has 1 aromatic rings. The van der Waals surface area contributed by atoms with E-state index in [-0.39, 0.29) is 0 Å². The number of nitrogens with two attached hydrogens (primary N) is 1. The summed E-state index contributed by atoms with van der Waals surface area (Å²) in [6.45, 7) is 5.23. The van der Waals surface area contributed by atoms with Gasteiger partial charge in [0.2, 0.25) is 0 Å². The molecule has 1 rings (SSSR count). The summed E-state index contributed by atoms with van der Waals surface area (Å²) in [7, 11) is 0. The van der Waals surface area contributed by atoms with Gasteiger partial charge in [0.1, 0.15) is 11.6 Å². The zero-order valence-corrected chi connectivity index (χ0v) is 11.4. The van der Waals surface area contributed by atoms with Crippen molar-refractivity contribution in [1.82, 2.24) is 9.55 Å². The summed E-state index contributed by atoms with van der Waals surface area (Å²) >= 11 is 1.88. The Morgan fingerprint density at radius 2 is 2.06 bits per heavy atom. The molecule has 0 aromatic carbocycles. The fourth-order valence-corrected chi connectivity index (χ4v) is 2.34. The number of aryl methyl sites for hydroxylation is 2. The van der Waals surface area contributed by atoms with Gasteiger partial charge >= 0.3 is 0 Å². The van der Waals surface area contributed by atoms with E-state index in [0.29, 0.717) is 0 Å². The molecule has 16 heavy (non-hydrogen) atoms. The van der Waals surface area contributed by atoms with Crippen molar-refractivity contribution in [2.75, 3.05) is 17.7 Å². The Morgan fingerprint density at radius 3 is 2.62 bits per heavy atom. The molecule has 4 heteroatoms. The van der Waals surface area contributed by atoms with Crippen molar-refractivity contribution in [1.29, 1.82) is 0 Å². The van der Waals surface area contributed by atoms with Gasteiger partial charge in [-0.15, -0.1) is 0 Å². The summed E-state index contributed by atoms with van der Waals surface area (Å²) in [5, 5.41) is 0. The Morgan fingerprint density at radius 1 is 1.31 bits per heavy atom. The van der Waals surface area contributed by atoms with Crippen LogP contribution >= 0.6 is 11.8 Å². The van der Waals surface area contributed by atoms with Gasteiger partial charge in [0, 0.05) is 13.0 Å². The van der Waals surface area contributed by atoms with Crippen LogP contribution in [0.15, 0.2) is 0 Å². The first-order chi connectivity index (χ1) is 7.74. The molecule has 0 atom stereocenters. The highest BCUT2D eigenvalue weighted by Gasteiger charge is 2.12. The minimum atomic E-state index is 0.882. The molecule has 0 amide bonds. The largest absolute Gasteiger partial charge is 0.384 e. The number of anilines is 1. The molecule has 0 saturated carbocycles. The molecule has 3 nitrogen and oxygen atoms in total. The summed E-state index contributed by atoms with van der Waals surface area (Å²) < 4.78 is 2.15. The smallest absolute Gasteiger partial charge is 0.126 e. The second-order valence-electron chi connectivity index (χ2n) is 3.95. The predicted octanol–water partition coefficient (Wildman–Crippen LogP) is 2.73. The van der Waals surface area contributed by atoms with E-state index in [2.05, 4.69) is 29.7 Å². The van der Waals surface area contributed by atoms with Crippen LogP contribution in [0, 0.1) is 0 Å². The first-order valence-electron chi connectivity index (χ1n) is 6.07. The third-order valence-electron chi connectivity index (χ3n) is 2.71. The summed E-state index contributed by atoms with van der Waals surface area (Å²) in [5.74, 6) is 3.22. The van der Waals surface area contributed by atoms with Gasteiger partial charge in [0.25, 0.3) is 0 Å². The molecule has 0 aliphatic carbocycles. The molecule has 0 bridgehead atoms. The lowest BCUT2D eigenvalue weighted by Gasteiger charge is -2.05. The molecule has 92 valence electrons. The normalized spacial score (nSPS) is 10.9. The maximum Gasteiger partial charge on any atom is 0.126 e. The van der Waals surface area contributed by atoms with E-state index in [1.807, 2.05) is 11.8 Å². The lowest BCUT2D eigenvalue weighted by atomic mass is 10.2. The van der Waals surface area contributed by atoms with Crippen LogP contribution in [0.1, 0.15) is 38.2 Å². The molecule has 1 aromatic heterocycles. The molecule has 0 unspecified atom stereocenters. The quantitative estimate of drug-likeness (QED) is 0.747. The molecular weight excluding hydrogens is 218 g/mol. The van der Waals surface area contributed by atoms with Crippen molar-refractivity contribution < 1.29 is 0 Å². The van der Waals surface area contributed by atoms with Crippen LogP contribution in [0.3, 0.4) is 0 Å². The van der Waals surface area contributed by atoms with Crippen LogP contribution in [-0.2, 0) is 19.4 Å². The molecule has 0 aliphatic rings. The predicted molar refractivity (Wildman–Crippen MR) is 73.0 cm³/mol. The molecule has 2 N–H and O–H groups in total. The second-order valence-corrected chi connectivity index (χ2v) is 4.94. The van der Waals surface area contributed by atoms with Gasteiger partial charge < -0.3 is 10.3 Å².